The van der Waals surface area contributed by atoms with Crippen molar-refractivity contribution in [2.24, 2.45) is 5.92 Å². The van der Waals surface area contributed by atoms with Crippen LogP contribution in [0.1, 0.15) is 49.6 Å². The molecule has 38 heavy (non-hydrogen) atoms. The molecular formula is C26H25N7O5. The fraction of sp³-hybridized carbons (Fsp3) is 0.231. The maximum Gasteiger partial charge on any atom is 0.273 e. The molecule has 1 aliphatic heterocycles. The minimum absolute atomic E-state index is 0.0142. The standard InChI is InChI=1S/C26H25N7O5/c1-27-26(37)21-18(11-19(32-33-21)31-23(34)13-9-10-13)29-17-8-4-6-15(22(17)38-2)24(35)30-16-7-3-5-14-12-28-25(36)20(14)16/h3-8,11,13H,9-10,12H2,1-2H3,(H,27,37)(H,28,36)(H,30,35)(H2,29,31,32,34). The number of nitrogens with zero attached hydrogens (tertiary/aromatic N) is 2. The molecule has 0 radical (unpaired) electrons. The van der Waals surface area contributed by atoms with E-state index in [0.717, 1.165) is 18.4 Å². The quantitative estimate of drug-likeness (QED) is 0.305. The molecule has 1 saturated carbocycles. The molecular weight excluding hydrogens is 490 g/mol. The lowest BCUT2D eigenvalue weighted by Crippen LogP contribution is -2.22. The van der Waals surface area contributed by atoms with Gasteiger partial charge in [0.05, 0.1) is 35.3 Å². The number of rotatable bonds is 8. The fourth-order valence-corrected chi connectivity index (χ4v) is 4.16. The largest absolute Gasteiger partial charge is 0.494 e. The second-order valence-electron chi connectivity index (χ2n) is 8.82. The first-order valence-corrected chi connectivity index (χ1v) is 12.0. The van der Waals surface area contributed by atoms with Crippen molar-refractivity contribution >= 4 is 46.5 Å². The summed E-state index contributed by atoms with van der Waals surface area (Å²) in [6.45, 7) is 0.400. The van der Waals surface area contributed by atoms with E-state index in [1.165, 1.54) is 20.2 Å². The van der Waals surface area contributed by atoms with Crippen molar-refractivity contribution in [1.29, 1.82) is 0 Å². The van der Waals surface area contributed by atoms with E-state index in [4.69, 9.17) is 4.74 Å². The Morgan fingerprint density at radius 3 is 2.47 bits per heavy atom. The van der Waals surface area contributed by atoms with Gasteiger partial charge in [0, 0.05) is 25.6 Å². The van der Waals surface area contributed by atoms with Crippen molar-refractivity contribution in [3.8, 4) is 5.75 Å². The number of carbonyl (C=O) groups excluding carboxylic acids is 4. The van der Waals surface area contributed by atoms with Gasteiger partial charge in [-0.1, -0.05) is 18.2 Å². The Kier molecular flexibility index (Phi) is 6.60. The first kappa shape index (κ1) is 24.7. The highest BCUT2D eigenvalue weighted by atomic mass is 16.5. The SMILES string of the molecule is CNC(=O)c1nnc(NC(=O)C2CC2)cc1Nc1cccc(C(=O)Nc2cccc3c2C(=O)NC3)c1OC. The molecule has 12 heteroatoms. The van der Waals surface area contributed by atoms with E-state index in [9.17, 15) is 19.2 Å². The fourth-order valence-electron chi connectivity index (χ4n) is 4.16. The van der Waals surface area contributed by atoms with Gasteiger partial charge in [-0.15, -0.1) is 10.2 Å². The number of carbonyl (C=O) groups is 4. The van der Waals surface area contributed by atoms with Crippen LogP contribution in [-0.4, -0.2) is 48.0 Å². The molecule has 5 rings (SSSR count). The maximum absolute atomic E-state index is 13.3. The van der Waals surface area contributed by atoms with Gasteiger partial charge in [0.2, 0.25) is 5.91 Å². The zero-order chi connectivity index (χ0) is 26.8. The molecule has 0 atom stereocenters. The molecule has 0 saturated heterocycles. The van der Waals surface area contributed by atoms with Crippen molar-refractivity contribution < 1.29 is 23.9 Å². The molecule has 1 aromatic heterocycles. The molecule has 1 aliphatic carbocycles. The number of hydrogen-bond donors (Lipinski definition) is 5. The third-order valence-electron chi connectivity index (χ3n) is 6.23. The topological polar surface area (TPSA) is 163 Å². The van der Waals surface area contributed by atoms with Gasteiger partial charge in [-0.05, 0) is 36.6 Å². The average Bonchev–Trinajstić information content (AvgIpc) is 3.71. The summed E-state index contributed by atoms with van der Waals surface area (Å²) in [7, 11) is 2.87. The summed E-state index contributed by atoms with van der Waals surface area (Å²) in [5.41, 5.74) is 2.41. The van der Waals surface area contributed by atoms with Gasteiger partial charge in [-0.25, -0.2) is 0 Å². The molecule has 12 nitrogen and oxygen atoms in total. The van der Waals surface area contributed by atoms with Crippen molar-refractivity contribution in [3.63, 3.8) is 0 Å². The van der Waals surface area contributed by atoms with Crippen LogP contribution >= 0.6 is 0 Å². The van der Waals surface area contributed by atoms with Gasteiger partial charge in [0.25, 0.3) is 17.7 Å². The van der Waals surface area contributed by atoms with E-state index >= 15 is 0 Å². The number of para-hydroxylation sites is 1. The van der Waals surface area contributed by atoms with Crippen molar-refractivity contribution in [3.05, 3.63) is 64.8 Å². The molecule has 2 aromatic carbocycles. The second kappa shape index (κ2) is 10.2. The van der Waals surface area contributed by atoms with E-state index in [1.807, 2.05) is 6.07 Å². The molecule has 0 bridgehead atoms. The molecule has 0 spiro atoms. The summed E-state index contributed by atoms with van der Waals surface area (Å²) in [6.07, 6.45) is 1.65. The number of benzene rings is 2. The lowest BCUT2D eigenvalue weighted by Gasteiger charge is -2.17. The number of amides is 4. The Labute approximate surface area is 217 Å². The molecule has 2 heterocycles. The first-order valence-electron chi connectivity index (χ1n) is 12.0. The zero-order valence-electron chi connectivity index (χ0n) is 20.7. The number of fused-ring (bicyclic) bond motifs is 1. The van der Waals surface area contributed by atoms with E-state index in [-0.39, 0.29) is 46.2 Å². The van der Waals surface area contributed by atoms with Gasteiger partial charge < -0.3 is 31.3 Å². The smallest absolute Gasteiger partial charge is 0.273 e. The predicted octanol–water partition coefficient (Wildman–Crippen LogP) is 2.43. The molecule has 194 valence electrons. The Morgan fingerprint density at radius 2 is 1.74 bits per heavy atom. The van der Waals surface area contributed by atoms with E-state index in [1.54, 1.807) is 30.3 Å². The zero-order valence-corrected chi connectivity index (χ0v) is 20.7. The third-order valence-corrected chi connectivity index (χ3v) is 6.23. The van der Waals surface area contributed by atoms with Crippen LogP contribution in [0.5, 0.6) is 5.75 Å². The molecule has 5 N–H and O–H groups in total. The minimum Gasteiger partial charge on any atom is -0.494 e. The van der Waals surface area contributed by atoms with Crippen LogP contribution in [-0.2, 0) is 11.3 Å². The number of methoxy groups -OCH3 is 1. The molecule has 0 unspecified atom stereocenters. The Morgan fingerprint density at radius 1 is 0.974 bits per heavy atom. The van der Waals surface area contributed by atoms with Crippen LogP contribution in [0.15, 0.2) is 42.5 Å². The number of anilines is 4. The third kappa shape index (κ3) is 4.83. The summed E-state index contributed by atoms with van der Waals surface area (Å²) < 4.78 is 5.57. The molecule has 1 fully saturated rings. The van der Waals surface area contributed by atoms with Crippen molar-refractivity contribution in [1.82, 2.24) is 20.8 Å². The van der Waals surface area contributed by atoms with E-state index < -0.39 is 11.8 Å². The number of ether oxygens (including phenoxy) is 1. The molecule has 4 amide bonds. The summed E-state index contributed by atoms with van der Waals surface area (Å²) in [5.74, 6) is -1.06. The van der Waals surface area contributed by atoms with Gasteiger partial charge in [0.15, 0.2) is 17.3 Å². The predicted molar refractivity (Wildman–Crippen MR) is 139 cm³/mol. The van der Waals surface area contributed by atoms with Crippen LogP contribution in [0.4, 0.5) is 22.9 Å². The van der Waals surface area contributed by atoms with E-state index in [2.05, 4.69) is 36.8 Å². The maximum atomic E-state index is 13.3. The van der Waals surface area contributed by atoms with Crippen molar-refractivity contribution in [2.75, 3.05) is 30.1 Å². The Hall–Kier alpha value is -5.00. The average molecular weight is 516 g/mol. The summed E-state index contributed by atoms with van der Waals surface area (Å²) >= 11 is 0. The highest BCUT2D eigenvalue weighted by Gasteiger charge is 2.30. The lowest BCUT2D eigenvalue weighted by molar-refractivity contribution is -0.117. The molecule has 3 aromatic rings. The summed E-state index contributed by atoms with van der Waals surface area (Å²) in [5, 5.41) is 21.8. The van der Waals surface area contributed by atoms with Crippen LogP contribution in [0.3, 0.4) is 0 Å². The van der Waals surface area contributed by atoms with Crippen LogP contribution < -0.4 is 31.3 Å². The van der Waals surface area contributed by atoms with Crippen LogP contribution in [0.2, 0.25) is 0 Å². The van der Waals surface area contributed by atoms with Crippen LogP contribution in [0, 0.1) is 5.92 Å². The second-order valence-corrected chi connectivity index (χ2v) is 8.82. The molecule has 2 aliphatic rings. The van der Waals surface area contributed by atoms with Gasteiger partial charge >= 0.3 is 0 Å². The first-order chi connectivity index (χ1) is 18.4. The summed E-state index contributed by atoms with van der Waals surface area (Å²) in [6, 6.07) is 11.6. The number of aromatic nitrogens is 2. The highest BCUT2D eigenvalue weighted by molar-refractivity contribution is 6.12. The van der Waals surface area contributed by atoms with E-state index in [0.29, 0.717) is 23.5 Å². The van der Waals surface area contributed by atoms with Crippen molar-refractivity contribution in [2.45, 2.75) is 19.4 Å². The normalized spacial score (nSPS) is 13.7. The van der Waals surface area contributed by atoms with Gasteiger partial charge in [-0.3, -0.25) is 19.2 Å². The monoisotopic (exact) mass is 515 g/mol. The number of hydrogen-bond acceptors (Lipinski definition) is 8. The number of nitrogens with one attached hydrogen (secondary N) is 5. The minimum atomic E-state index is -0.496. The van der Waals surface area contributed by atoms with Gasteiger partial charge in [-0.2, -0.15) is 0 Å². The van der Waals surface area contributed by atoms with Gasteiger partial charge in [0.1, 0.15) is 0 Å². The Bertz CT molecular complexity index is 1470. The summed E-state index contributed by atoms with van der Waals surface area (Å²) in [4.78, 5) is 50.2. The Balaban J connectivity index is 1.45. The van der Waals surface area contributed by atoms with Crippen LogP contribution in [0.25, 0.3) is 0 Å². The lowest BCUT2D eigenvalue weighted by atomic mass is 10.1. The highest BCUT2D eigenvalue weighted by Crippen LogP contribution is 2.34.